The molecule has 0 amide bonds. The van der Waals surface area contributed by atoms with Crippen molar-refractivity contribution < 1.29 is 28.0 Å². The third-order valence-corrected chi connectivity index (χ3v) is 2.88. The molecule has 8 heteroatoms. The summed E-state index contributed by atoms with van der Waals surface area (Å²) in [4.78, 5) is 21.0. The van der Waals surface area contributed by atoms with E-state index in [4.69, 9.17) is 9.47 Å². The lowest BCUT2D eigenvalue weighted by Gasteiger charge is -2.10. The van der Waals surface area contributed by atoms with Crippen LogP contribution in [0.5, 0.6) is 0 Å². The second-order valence-corrected chi connectivity index (χ2v) is 4.27. The molecule has 1 heterocycles. The van der Waals surface area contributed by atoms with Crippen LogP contribution in [0.25, 0.3) is 0 Å². The fourth-order valence-electron chi connectivity index (χ4n) is 1.85. The van der Waals surface area contributed by atoms with Gasteiger partial charge in [-0.15, -0.1) is 0 Å². The van der Waals surface area contributed by atoms with Gasteiger partial charge in [-0.1, -0.05) is 0 Å². The Morgan fingerprint density at radius 2 is 2.20 bits per heavy atom. The van der Waals surface area contributed by atoms with Crippen LogP contribution >= 0.6 is 0 Å². The first-order valence-corrected chi connectivity index (χ1v) is 5.91. The molecule has 1 atom stereocenters. The van der Waals surface area contributed by atoms with Gasteiger partial charge in [0.15, 0.2) is 0 Å². The molecule has 0 bridgehead atoms. The summed E-state index contributed by atoms with van der Waals surface area (Å²) in [5.74, 6) is -3.57. The van der Waals surface area contributed by atoms with Crippen LogP contribution < -0.4 is 0 Å². The standard InChI is InChI=1S/C12H11F2NO5/c13-9-5-11(15(17)18)10(14)4-8(9)12(16)20-6-7-2-1-3-19-7/h4-5,7H,1-3,6H2. The zero-order valence-electron chi connectivity index (χ0n) is 10.3. The lowest BCUT2D eigenvalue weighted by atomic mass is 10.2. The molecule has 0 saturated carbocycles. The fraction of sp³-hybridized carbons (Fsp3) is 0.417. The summed E-state index contributed by atoms with van der Waals surface area (Å²) in [6, 6.07) is 0.823. The third-order valence-electron chi connectivity index (χ3n) is 2.88. The Bertz CT molecular complexity index is 543. The Labute approximate surface area is 112 Å². The van der Waals surface area contributed by atoms with Gasteiger partial charge in [0.05, 0.1) is 22.7 Å². The van der Waals surface area contributed by atoms with Gasteiger partial charge in [0.1, 0.15) is 12.4 Å². The minimum absolute atomic E-state index is 0.0587. The molecular formula is C12H11F2NO5. The van der Waals surface area contributed by atoms with Gasteiger partial charge < -0.3 is 9.47 Å². The van der Waals surface area contributed by atoms with E-state index in [1.165, 1.54) is 0 Å². The molecule has 1 aliphatic heterocycles. The number of rotatable bonds is 4. The van der Waals surface area contributed by atoms with E-state index >= 15 is 0 Å². The summed E-state index contributed by atoms with van der Waals surface area (Å²) in [5, 5.41) is 10.4. The smallest absolute Gasteiger partial charge is 0.341 e. The van der Waals surface area contributed by atoms with E-state index in [1.807, 2.05) is 0 Å². The second-order valence-electron chi connectivity index (χ2n) is 4.27. The normalized spacial score (nSPS) is 18.0. The zero-order valence-corrected chi connectivity index (χ0v) is 10.3. The van der Waals surface area contributed by atoms with E-state index in [1.54, 1.807) is 0 Å². The molecule has 1 unspecified atom stereocenters. The molecule has 20 heavy (non-hydrogen) atoms. The van der Waals surface area contributed by atoms with Crippen molar-refractivity contribution in [2.75, 3.05) is 13.2 Å². The number of nitro groups is 1. The minimum atomic E-state index is -1.29. The molecule has 0 radical (unpaired) electrons. The van der Waals surface area contributed by atoms with Crippen molar-refractivity contribution in [2.24, 2.45) is 0 Å². The number of hydrogen-bond acceptors (Lipinski definition) is 5. The highest BCUT2D eigenvalue weighted by molar-refractivity contribution is 5.90. The maximum absolute atomic E-state index is 13.5. The van der Waals surface area contributed by atoms with Gasteiger partial charge in [-0.05, 0) is 18.9 Å². The van der Waals surface area contributed by atoms with Crippen molar-refractivity contribution in [2.45, 2.75) is 18.9 Å². The zero-order chi connectivity index (χ0) is 14.7. The van der Waals surface area contributed by atoms with E-state index in [9.17, 15) is 23.7 Å². The molecule has 1 aromatic carbocycles. The van der Waals surface area contributed by atoms with Crippen LogP contribution in [-0.4, -0.2) is 30.2 Å². The largest absolute Gasteiger partial charge is 0.459 e. The number of esters is 1. The van der Waals surface area contributed by atoms with Crippen LogP contribution in [0, 0.1) is 21.7 Å². The van der Waals surface area contributed by atoms with Crippen LogP contribution in [-0.2, 0) is 9.47 Å². The molecule has 0 spiro atoms. The molecule has 0 aliphatic carbocycles. The molecule has 1 fully saturated rings. The van der Waals surface area contributed by atoms with Crippen LogP contribution in [0.4, 0.5) is 14.5 Å². The predicted octanol–water partition coefficient (Wildman–Crippen LogP) is 2.21. The highest BCUT2D eigenvalue weighted by atomic mass is 19.1. The minimum Gasteiger partial charge on any atom is -0.459 e. The summed E-state index contributed by atoms with van der Waals surface area (Å²) in [7, 11) is 0. The van der Waals surface area contributed by atoms with E-state index in [-0.39, 0.29) is 12.7 Å². The number of nitrogens with zero attached hydrogens (tertiary/aromatic N) is 1. The van der Waals surface area contributed by atoms with Gasteiger partial charge in [0, 0.05) is 6.61 Å². The van der Waals surface area contributed by atoms with Crippen LogP contribution in [0.15, 0.2) is 12.1 Å². The van der Waals surface area contributed by atoms with Crippen LogP contribution in [0.2, 0.25) is 0 Å². The summed E-state index contributed by atoms with van der Waals surface area (Å²) < 4.78 is 36.9. The topological polar surface area (TPSA) is 78.7 Å². The van der Waals surface area contributed by atoms with Crippen molar-refractivity contribution in [1.29, 1.82) is 0 Å². The van der Waals surface area contributed by atoms with Gasteiger partial charge in [0.25, 0.3) is 0 Å². The van der Waals surface area contributed by atoms with Crippen molar-refractivity contribution >= 4 is 11.7 Å². The van der Waals surface area contributed by atoms with Crippen molar-refractivity contribution in [1.82, 2.24) is 0 Å². The Hall–Kier alpha value is -2.09. The highest BCUT2D eigenvalue weighted by Gasteiger charge is 2.24. The number of carbonyl (C=O) groups is 1. The first-order valence-electron chi connectivity index (χ1n) is 5.91. The molecule has 1 aromatic rings. The number of benzene rings is 1. The number of nitro benzene ring substituents is 1. The molecule has 108 valence electrons. The van der Waals surface area contributed by atoms with Crippen molar-refractivity contribution in [3.63, 3.8) is 0 Å². The average molecular weight is 287 g/mol. The molecule has 0 N–H and O–H groups in total. The van der Waals surface area contributed by atoms with Crippen LogP contribution in [0.1, 0.15) is 23.2 Å². The SMILES string of the molecule is O=C(OCC1CCCO1)c1cc(F)c([N+](=O)[O-])cc1F. The molecule has 1 saturated heterocycles. The summed E-state index contributed by atoms with van der Waals surface area (Å²) in [6.07, 6.45) is 1.33. The summed E-state index contributed by atoms with van der Waals surface area (Å²) in [6.45, 7) is 0.514. The number of ether oxygens (including phenoxy) is 2. The van der Waals surface area contributed by atoms with E-state index < -0.39 is 33.8 Å². The Kier molecular flexibility index (Phi) is 4.23. The lowest BCUT2D eigenvalue weighted by Crippen LogP contribution is -2.18. The Morgan fingerprint density at radius 3 is 2.80 bits per heavy atom. The highest BCUT2D eigenvalue weighted by Crippen LogP contribution is 2.22. The van der Waals surface area contributed by atoms with Gasteiger partial charge in [-0.2, -0.15) is 4.39 Å². The van der Waals surface area contributed by atoms with Gasteiger partial charge >= 0.3 is 11.7 Å². The molecule has 1 aliphatic rings. The molecule has 0 aromatic heterocycles. The number of hydrogen-bond donors (Lipinski definition) is 0. The van der Waals surface area contributed by atoms with E-state index in [0.717, 1.165) is 12.8 Å². The fourth-order valence-corrected chi connectivity index (χ4v) is 1.85. The quantitative estimate of drug-likeness (QED) is 0.482. The third kappa shape index (κ3) is 3.08. The average Bonchev–Trinajstić information content (AvgIpc) is 2.91. The molecular weight excluding hydrogens is 276 g/mol. The number of carbonyl (C=O) groups excluding carboxylic acids is 1. The predicted molar refractivity (Wildman–Crippen MR) is 62.3 cm³/mol. The van der Waals surface area contributed by atoms with Gasteiger partial charge in [-0.3, -0.25) is 10.1 Å². The Morgan fingerprint density at radius 1 is 1.45 bits per heavy atom. The monoisotopic (exact) mass is 287 g/mol. The molecule has 6 nitrogen and oxygen atoms in total. The second kappa shape index (κ2) is 5.91. The van der Waals surface area contributed by atoms with Gasteiger partial charge in [-0.25, -0.2) is 9.18 Å². The first kappa shape index (κ1) is 14.3. The molecule has 2 rings (SSSR count). The van der Waals surface area contributed by atoms with E-state index in [0.29, 0.717) is 18.7 Å². The van der Waals surface area contributed by atoms with E-state index in [2.05, 4.69) is 0 Å². The Balaban J connectivity index is 2.09. The maximum Gasteiger partial charge on any atom is 0.341 e. The summed E-state index contributed by atoms with van der Waals surface area (Å²) >= 11 is 0. The van der Waals surface area contributed by atoms with Gasteiger partial charge in [0.2, 0.25) is 5.82 Å². The van der Waals surface area contributed by atoms with Crippen LogP contribution in [0.3, 0.4) is 0 Å². The van der Waals surface area contributed by atoms with Crippen molar-refractivity contribution in [3.05, 3.63) is 39.4 Å². The maximum atomic E-state index is 13.5. The number of halogens is 2. The van der Waals surface area contributed by atoms with Crippen molar-refractivity contribution in [3.8, 4) is 0 Å². The first-order chi connectivity index (χ1) is 9.49. The lowest BCUT2D eigenvalue weighted by molar-refractivity contribution is -0.387. The summed E-state index contributed by atoms with van der Waals surface area (Å²) in [5.41, 5.74) is -1.70.